The molecule has 0 saturated heterocycles. The second-order valence-electron chi connectivity index (χ2n) is 4.21. The van der Waals surface area contributed by atoms with Gasteiger partial charge < -0.3 is 5.32 Å². The largest absolute Gasteiger partial charge is 0.308 e. The molecule has 0 aliphatic rings. The lowest BCUT2D eigenvalue weighted by Crippen LogP contribution is -2.29. The molecule has 92 valence electrons. The maximum absolute atomic E-state index is 4.05. The standard InChI is InChI=1S/C11H21BrN4/c1-5-7-13-9(8(3)6-2)10-11(12)14-15-16(10)4/h8-9,13H,5-7H2,1-4H3. The molecule has 16 heavy (non-hydrogen) atoms. The third-order valence-corrected chi connectivity index (χ3v) is 3.51. The topological polar surface area (TPSA) is 42.7 Å². The van der Waals surface area contributed by atoms with Crippen molar-refractivity contribution in [3.05, 3.63) is 10.3 Å². The second-order valence-corrected chi connectivity index (χ2v) is 4.96. The summed E-state index contributed by atoms with van der Waals surface area (Å²) in [6, 6.07) is 0.319. The number of nitrogens with zero attached hydrogens (tertiary/aromatic N) is 3. The number of rotatable bonds is 6. The van der Waals surface area contributed by atoms with Gasteiger partial charge in [-0.15, -0.1) is 5.10 Å². The molecule has 1 N–H and O–H groups in total. The zero-order chi connectivity index (χ0) is 12.1. The average molecular weight is 289 g/mol. The minimum atomic E-state index is 0.319. The van der Waals surface area contributed by atoms with Crippen LogP contribution in [0.4, 0.5) is 0 Å². The quantitative estimate of drug-likeness (QED) is 0.875. The van der Waals surface area contributed by atoms with Crippen LogP contribution in [-0.4, -0.2) is 21.5 Å². The van der Waals surface area contributed by atoms with Crippen molar-refractivity contribution in [2.24, 2.45) is 13.0 Å². The van der Waals surface area contributed by atoms with Crippen LogP contribution in [0.1, 0.15) is 45.3 Å². The number of hydrogen-bond acceptors (Lipinski definition) is 3. The van der Waals surface area contributed by atoms with Gasteiger partial charge in [0.05, 0.1) is 11.7 Å². The molecule has 1 heterocycles. The number of aromatic nitrogens is 3. The number of aryl methyl sites for hydroxylation is 1. The van der Waals surface area contributed by atoms with Gasteiger partial charge in [0.1, 0.15) is 0 Å². The first kappa shape index (κ1) is 13.6. The molecule has 0 aliphatic heterocycles. The first-order valence-corrected chi connectivity index (χ1v) is 6.69. The van der Waals surface area contributed by atoms with E-state index in [1.807, 2.05) is 11.7 Å². The van der Waals surface area contributed by atoms with Gasteiger partial charge in [0, 0.05) is 7.05 Å². The highest BCUT2D eigenvalue weighted by atomic mass is 79.9. The smallest absolute Gasteiger partial charge is 0.153 e. The third-order valence-electron chi connectivity index (χ3n) is 2.95. The van der Waals surface area contributed by atoms with Crippen molar-refractivity contribution in [1.29, 1.82) is 0 Å². The minimum absolute atomic E-state index is 0.319. The maximum Gasteiger partial charge on any atom is 0.153 e. The lowest BCUT2D eigenvalue weighted by molar-refractivity contribution is 0.358. The Hall–Kier alpha value is -0.420. The molecular weight excluding hydrogens is 268 g/mol. The van der Waals surface area contributed by atoms with Gasteiger partial charge >= 0.3 is 0 Å². The van der Waals surface area contributed by atoms with Gasteiger partial charge in [-0.05, 0) is 34.8 Å². The molecule has 1 aromatic heterocycles. The van der Waals surface area contributed by atoms with Crippen molar-refractivity contribution >= 4 is 15.9 Å². The van der Waals surface area contributed by atoms with Crippen LogP contribution >= 0.6 is 15.9 Å². The van der Waals surface area contributed by atoms with Gasteiger partial charge in [0.25, 0.3) is 0 Å². The van der Waals surface area contributed by atoms with Crippen LogP contribution in [0.25, 0.3) is 0 Å². The van der Waals surface area contributed by atoms with Crippen molar-refractivity contribution in [2.45, 2.75) is 39.7 Å². The fraction of sp³-hybridized carbons (Fsp3) is 0.818. The highest BCUT2D eigenvalue weighted by Gasteiger charge is 2.23. The lowest BCUT2D eigenvalue weighted by atomic mass is 9.96. The average Bonchev–Trinajstić information content (AvgIpc) is 2.60. The van der Waals surface area contributed by atoms with E-state index in [2.05, 4.69) is 52.3 Å². The molecular formula is C11H21BrN4. The first-order valence-electron chi connectivity index (χ1n) is 5.90. The summed E-state index contributed by atoms with van der Waals surface area (Å²) in [6.07, 6.45) is 2.27. The van der Waals surface area contributed by atoms with Crippen LogP contribution in [0.15, 0.2) is 4.60 Å². The van der Waals surface area contributed by atoms with Crippen molar-refractivity contribution < 1.29 is 0 Å². The normalized spacial score (nSPS) is 15.1. The van der Waals surface area contributed by atoms with E-state index in [0.29, 0.717) is 12.0 Å². The van der Waals surface area contributed by atoms with Crippen molar-refractivity contribution in [1.82, 2.24) is 20.3 Å². The number of nitrogens with one attached hydrogen (secondary N) is 1. The van der Waals surface area contributed by atoms with Gasteiger partial charge in [-0.1, -0.05) is 32.4 Å². The summed E-state index contributed by atoms with van der Waals surface area (Å²) in [5.74, 6) is 0.569. The molecule has 0 aliphatic carbocycles. The van der Waals surface area contributed by atoms with Gasteiger partial charge in [-0.2, -0.15) is 0 Å². The van der Waals surface area contributed by atoms with E-state index in [1.165, 1.54) is 0 Å². The van der Waals surface area contributed by atoms with Crippen LogP contribution in [0.2, 0.25) is 0 Å². The van der Waals surface area contributed by atoms with Gasteiger partial charge in [-0.25, -0.2) is 4.68 Å². The third kappa shape index (κ3) is 3.04. The van der Waals surface area contributed by atoms with Gasteiger partial charge in [0.2, 0.25) is 0 Å². The number of halogens is 1. The van der Waals surface area contributed by atoms with Crippen LogP contribution in [0, 0.1) is 5.92 Å². The van der Waals surface area contributed by atoms with Crippen molar-refractivity contribution in [3.8, 4) is 0 Å². The highest BCUT2D eigenvalue weighted by molar-refractivity contribution is 9.10. The summed E-state index contributed by atoms with van der Waals surface area (Å²) in [6.45, 7) is 7.67. The molecule has 4 nitrogen and oxygen atoms in total. The second kappa shape index (κ2) is 6.35. The molecule has 0 radical (unpaired) electrons. The molecule has 0 saturated carbocycles. The van der Waals surface area contributed by atoms with Crippen LogP contribution in [0.3, 0.4) is 0 Å². The Balaban J connectivity index is 2.91. The summed E-state index contributed by atoms with van der Waals surface area (Å²) in [5.41, 5.74) is 1.14. The molecule has 1 rings (SSSR count). The first-order chi connectivity index (χ1) is 7.61. The van der Waals surface area contributed by atoms with Gasteiger partial charge in [0.15, 0.2) is 4.60 Å². The van der Waals surface area contributed by atoms with E-state index in [9.17, 15) is 0 Å². The zero-order valence-electron chi connectivity index (χ0n) is 10.5. The Morgan fingerprint density at radius 1 is 1.44 bits per heavy atom. The molecule has 5 heteroatoms. The van der Waals surface area contributed by atoms with Gasteiger partial charge in [-0.3, -0.25) is 0 Å². The molecule has 0 spiro atoms. The fourth-order valence-corrected chi connectivity index (χ4v) is 2.35. The van der Waals surface area contributed by atoms with E-state index in [-0.39, 0.29) is 0 Å². The summed E-state index contributed by atoms with van der Waals surface area (Å²) in [7, 11) is 1.94. The van der Waals surface area contributed by atoms with Crippen LogP contribution < -0.4 is 5.32 Å². The minimum Gasteiger partial charge on any atom is -0.308 e. The molecule has 0 aromatic carbocycles. The van der Waals surface area contributed by atoms with E-state index in [1.54, 1.807) is 0 Å². The van der Waals surface area contributed by atoms with Crippen molar-refractivity contribution in [2.75, 3.05) is 6.54 Å². The monoisotopic (exact) mass is 288 g/mol. The van der Waals surface area contributed by atoms with E-state index in [4.69, 9.17) is 0 Å². The Morgan fingerprint density at radius 2 is 2.12 bits per heavy atom. The molecule has 2 atom stereocenters. The Kier molecular flexibility index (Phi) is 5.41. The predicted molar refractivity (Wildman–Crippen MR) is 69.2 cm³/mol. The summed E-state index contributed by atoms with van der Waals surface area (Å²) < 4.78 is 2.70. The molecule has 0 bridgehead atoms. The fourth-order valence-electron chi connectivity index (χ4n) is 1.77. The Bertz CT molecular complexity index is 304. The van der Waals surface area contributed by atoms with E-state index in [0.717, 1.165) is 29.7 Å². The predicted octanol–water partition coefficient (Wildman–Crippen LogP) is 2.66. The molecule has 1 aromatic rings. The van der Waals surface area contributed by atoms with Crippen LogP contribution in [0.5, 0.6) is 0 Å². The SMILES string of the molecule is CCCNC(c1c(Br)nnn1C)C(C)CC. The van der Waals surface area contributed by atoms with E-state index >= 15 is 0 Å². The zero-order valence-corrected chi connectivity index (χ0v) is 12.1. The van der Waals surface area contributed by atoms with Crippen LogP contribution in [-0.2, 0) is 7.05 Å². The highest BCUT2D eigenvalue weighted by Crippen LogP contribution is 2.28. The van der Waals surface area contributed by atoms with E-state index < -0.39 is 0 Å². The number of hydrogen-bond donors (Lipinski definition) is 1. The summed E-state index contributed by atoms with van der Waals surface area (Å²) in [4.78, 5) is 0. The Labute approximate surface area is 106 Å². The lowest BCUT2D eigenvalue weighted by Gasteiger charge is -2.24. The Morgan fingerprint density at radius 3 is 2.56 bits per heavy atom. The summed E-state index contributed by atoms with van der Waals surface area (Å²) >= 11 is 3.47. The molecule has 0 fully saturated rings. The molecule has 0 amide bonds. The summed E-state index contributed by atoms with van der Waals surface area (Å²) in [5, 5.41) is 11.7. The maximum atomic E-state index is 4.05. The molecule has 2 unspecified atom stereocenters. The van der Waals surface area contributed by atoms with Crippen molar-refractivity contribution in [3.63, 3.8) is 0 Å².